The summed E-state index contributed by atoms with van der Waals surface area (Å²) in [6.45, 7) is 6.82. The Bertz CT molecular complexity index is 342. The number of carboxylic acids is 1. The number of rotatable bonds is 1. The van der Waals surface area contributed by atoms with Gasteiger partial charge >= 0.3 is 5.97 Å². The van der Waals surface area contributed by atoms with E-state index < -0.39 is 11.4 Å². The van der Waals surface area contributed by atoms with Crippen molar-refractivity contribution in [3.63, 3.8) is 0 Å². The van der Waals surface area contributed by atoms with Crippen molar-refractivity contribution >= 4 is 5.97 Å². The first-order valence-electron chi connectivity index (χ1n) is 6.52. The SMILES string of the molecule is CC1C2CC3(C)CC(C)(C2)CC1(C(=O)O)C3. The summed E-state index contributed by atoms with van der Waals surface area (Å²) in [6.07, 6.45) is 5.61. The monoisotopic (exact) mass is 222 g/mol. The van der Waals surface area contributed by atoms with E-state index in [1.54, 1.807) is 0 Å². The third-order valence-electron chi connectivity index (χ3n) is 5.85. The van der Waals surface area contributed by atoms with E-state index in [4.69, 9.17) is 0 Å². The van der Waals surface area contributed by atoms with Gasteiger partial charge in [0.1, 0.15) is 0 Å². The van der Waals surface area contributed by atoms with Crippen LogP contribution in [0.4, 0.5) is 0 Å². The Morgan fingerprint density at radius 3 is 2.06 bits per heavy atom. The van der Waals surface area contributed by atoms with Crippen LogP contribution in [-0.2, 0) is 4.79 Å². The van der Waals surface area contributed by atoms with Crippen molar-refractivity contribution in [2.24, 2.45) is 28.1 Å². The zero-order valence-corrected chi connectivity index (χ0v) is 10.5. The molecule has 0 radical (unpaired) electrons. The first-order chi connectivity index (χ1) is 7.29. The Morgan fingerprint density at radius 1 is 1.12 bits per heavy atom. The molecule has 4 bridgehead atoms. The van der Waals surface area contributed by atoms with E-state index in [1.165, 1.54) is 19.3 Å². The largest absolute Gasteiger partial charge is 0.481 e. The minimum absolute atomic E-state index is 0.306. The van der Waals surface area contributed by atoms with E-state index >= 15 is 0 Å². The molecule has 2 heteroatoms. The van der Waals surface area contributed by atoms with Crippen LogP contribution in [0, 0.1) is 28.1 Å². The second-order valence-electron chi connectivity index (χ2n) is 7.57. The van der Waals surface area contributed by atoms with Crippen molar-refractivity contribution in [1.82, 2.24) is 0 Å². The molecule has 16 heavy (non-hydrogen) atoms. The summed E-state index contributed by atoms with van der Waals surface area (Å²) in [6, 6.07) is 0. The second kappa shape index (κ2) is 2.65. The van der Waals surface area contributed by atoms with E-state index in [2.05, 4.69) is 20.8 Å². The third kappa shape index (κ3) is 1.11. The summed E-state index contributed by atoms with van der Waals surface area (Å²) in [4.78, 5) is 11.7. The molecule has 0 saturated heterocycles. The van der Waals surface area contributed by atoms with Gasteiger partial charge in [0.25, 0.3) is 0 Å². The molecule has 2 nitrogen and oxygen atoms in total. The van der Waals surface area contributed by atoms with Crippen LogP contribution in [0.25, 0.3) is 0 Å². The molecular formula is C14H22O2. The smallest absolute Gasteiger partial charge is 0.309 e. The standard InChI is InChI=1S/C14H22O2/c1-9-10-4-12(2)6-13(3,5-10)8-14(9,7-12)11(15)16/h9-10H,4-8H2,1-3H3,(H,15,16). The van der Waals surface area contributed by atoms with Gasteiger partial charge in [-0.25, -0.2) is 0 Å². The van der Waals surface area contributed by atoms with Gasteiger partial charge in [-0.3, -0.25) is 4.79 Å². The molecule has 0 amide bonds. The highest BCUT2D eigenvalue weighted by molar-refractivity contribution is 5.76. The topological polar surface area (TPSA) is 37.3 Å². The molecule has 90 valence electrons. The van der Waals surface area contributed by atoms with Crippen molar-refractivity contribution in [1.29, 1.82) is 0 Å². The lowest BCUT2D eigenvalue weighted by Gasteiger charge is -2.66. The maximum atomic E-state index is 11.7. The summed E-state index contributed by atoms with van der Waals surface area (Å²) >= 11 is 0. The third-order valence-corrected chi connectivity index (χ3v) is 5.85. The average molecular weight is 222 g/mol. The van der Waals surface area contributed by atoms with Crippen LogP contribution < -0.4 is 0 Å². The molecular weight excluding hydrogens is 200 g/mol. The van der Waals surface area contributed by atoms with Crippen LogP contribution in [0.3, 0.4) is 0 Å². The van der Waals surface area contributed by atoms with Crippen LogP contribution in [0.1, 0.15) is 52.9 Å². The summed E-state index contributed by atoms with van der Waals surface area (Å²) in [7, 11) is 0. The van der Waals surface area contributed by atoms with Gasteiger partial charge in [0.15, 0.2) is 0 Å². The van der Waals surface area contributed by atoms with E-state index in [-0.39, 0.29) is 0 Å². The lowest BCUT2D eigenvalue weighted by molar-refractivity contribution is -0.203. The summed E-state index contributed by atoms with van der Waals surface area (Å²) in [5.41, 5.74) is 0.213. The average Bonchev–Trinajstić information content (AvgIpc) is 2.09. The highest BCUT2D eigenvalue weighted by Crippen LogP contribution is 2.71. The number of hydrogen-bond acceptors (Lipinski definition) is 1. The van der Waals surface area contributed by atoms with Gasteiger partial charge in [-0.15, -0.1) is 0 Å². The van der Waals surface area contributed by atoms with E-state index in [0.29, 0.717) is 22.7 Å². The number of aliphatic carboxylic acids is 1. The molecule has 4 saturated carbocycles. The Hall–Kier alpha value is -0.530. The maximum Gasteiger partial charge on any atom is 0.309 e. The van der Waals surface area contributed by atoms with Crippen molar-refractivity contribution in [3.8, 4) is 0 Å². The zero-order chi connectivity index (χ0) is 11.8. The zero-order valence-electron chi connectivity index (χ0n) is 10.5. The lowest BCUT2D eigenvalue weighted by Crippen LogP contribution is -2.61. The molecule has 0 heterocycles. The number of hydrogen-bond donors (Lipinski definition) is 1. The normalized spacial score (nSPS) is 58.9. The number of carboxylic acid groups (broad SMARTS) is 1. The highest BCUT2D eigenvalue weighted by Gasteiger charge is 2.66. The molecule has 4 fully saturated rings. The molecule has 4 aliphatic carbocycles. The Labute approximate surface area is 97.4 Å². The molecule has 0 aromatic carbocycles. The van der Waals surface area contributed by atoms with Gasteiger partial charge < -0.3 is 5.11 Å². The van der Waals surface area contributed by atoms with Crippen molar-refractivity contribution in [2.45, 2.75) is 52.9 Å². The molecule has 3 unspecified atom stereocenters. The minimum atomic E-state index is -0.526. The van der Waals surface area contributed by atoms with E-state index in [9.17, 15) is 9.90 Å². The van der Waals surface area contributed by atoms with Crippen LogP contribution in [0.15, 0.2) is 0 Å². The minimum Gasteiger partial charge on any atom is -0.481 e. The van der Waals surface area contributed by atoms with E-state index in [1.807, 2.05) is 0 Å². The quantitative estimate of drug-likeness (QED) is 0.739. The molecule has 4 aliphatic rings. The maximum absolute atomic E-state index is 11.7. The van der Waals surface area contributed by atoms with E-state index in [0.717, 1.165) is 12.8 Å². The van der Waals surface area contributed by atoms with Gasteiger partial charge in [0.05, 0.1) is 5.41 Å². The summed E-state index contributed by atoms with van der Waals surface area (Å²) in [5.74, 6) is 0.510. The van der Waals surface area contributed by atoms with Crippen molar-refractivity contribution in [3.05, 3.63) is 0 Å². The van der Waals surface area contributed by atoms with Gasteiger partial charge in [-0.2, -0.15) is 0 Å². The predicted molar refractivity (Wildman–Crippen MR) is 62.0 cm³/mol. The molecule has 4 rings (SSSR count). The predicted octanol–water partition coefficient (Wildman–Crippen LogP) is 3.31. The second-order valence-corrected chi connectivity index (χ2v) is 7.57. The van der Waals surface area contributed by atoms with Crippen LogP contribution >= 0.6 is 0 Å². The molecule has 3 atom stereocenters. The molecule has 0 aliphatic heterocycles. The Balaban J connectivity index is 2.10. The van der Waals surface area contributed by atoms with Gasteiger partial charge in [-0.05, 0) is 54.8 Å². The van der Waals surface area contributed by atoms with Crippen molar-refractivity contribution in [2.75, 3.05) is 0 Å². The van der Waals surface area contributed by atoms with Crippen LogP contribution in [-0.4, -0.2) is 11.1 Å². The first-order valence-corrected chi connectivity index (χ1v) is 6.52. The van der Waals surface area contributed by atoms with Gasteiger partial charge in [0, 0.05) is 0 Å². The molecule has 0 spiro atoms. The Morgan fingerprint density at radius 2 is 1.62 bits per heavy atom. The van der Waals surface area contributed by atoms with Crippen molar-refractivity contribution < 1.29 is 9.90 Å². The molecule has 0 aromatic rings. The molecule has 0 aromatic heterocycles. The Kier molecular flexibility index (Phi) is 1.76. The first kappa shape index (κ1) is 10.6. The van der Waals surface area contributed by atoms with Crippen LogP contribution in [0.2, 0.25) is 0 Å². The highest BCUT2D eigenvalue weighted by atomic mass is 16.4. The van der Waals surface area contributed by atoms with Gasteiger partial charge in [0.2, 0.25) is 0 Å². The summed E-state index contributed by atoms with van der Waals surface area (Å²) < 4.78 is 0. The molecule has 1 N–H and O–H groups in total. The van der Waals surface area contributed by atoms with Gasteiger partial charge in [-0.1, -0.05) is 20.8 Å². The fraction of sp³-hybridized carbons (Fsp3) is 0.929. The lowest BCUT2D eigenvalue weighted by atomic mass is 9.37. The van der Waals surface area contributed by atoms with Crippen LogP contribution in [0.5, 0.6) is 0 Å². The fourth-order valence-electron chi connectivity index (χ4n) is 5.84. The fourth-order valence-corrected chi connectivity index (χ4v) is 5.84. The number of carbonyl (C=O) groups is 1. The summed E-state index contributed by atoms with van der Waals surface area (Å²) in [5, 5.41) is 9.68.